The van der Waals surface area contributed by atoms with E-state index in [0.717, 1.165) is 30.0 Å². The molecule has 0 amide bonds. The predicted molar refractivity (Wildman–Crippen MR) is 112 cm³/mol. The highest BCUT2D eigenvalue weighted by Gasteiger charge is 2.38. The Morgan fingerprint density at radius 3 is 2.66 bits per heavy atom. The molecule has 0 atom stereocenters. The van der Waals surface area contributed by atoms with E-state index < -0.39 is 5.97 Å². The standard InChI is InChI=1S/C23H25N3O3/c1-23(2)18-6-4-5-7-19(18)26(3)20(23)12-17(27)14-29-22(28)15-8-11-21(24-13-15)25-16-9-10-16/h4-8,11-13,16H,9-10,14H2,1-3H3,(H,24,25)/b20-12+. The van der Waals surface area contributed by atoms with Gasteiger partial charge in [-0.1, -0.05) is 32.0 Å². The van der Waals surface area contributed by atoms with Crippen LogP contribution in [0.25, 0.3) is 0 Å². The summed E-state index contributed by atoms with van der Waals surface area (Å²) in [4.78, 5) is 31.0. The summed E-state index contributed by atoms with van der Waals surface area (Å²) in [5.74, 6) is -0.0541. The lowest BCUT2D eigenvalue weighted by atomic mass is 9.83. The molecule has 1 saturated carbocycles. The molecule has 6 heteroatoms. The van der Waals surface area contributed by atoms with Crippen molar-refractivity contribution >= 4 is 23.3 Å². The third kappa shape index (κ3) is 3.88. The van der Waals surface area contributed by atoms with E-state index >= 15 is 0 Å². The first kappa shape index (κ1) is 19.2. The summed E-state index contributed by atoms with van der Waals surface area (Å²) in [5.41, 5.74) is 3.18. The van der Waals surface area contributed by atoms with Crippen molar-refractivity contribution in [2.45, 2.75) is 38.1 Å². The molecule has 0 bridgehead atoms. The van der Waals surface area contributed by atoms with E-state index in [9.17, 15) is 9.59 Å². The van der Waals surface area contributed by atoms with Crippen LogP contribution in [0.3, 0.4) is 0 Å². The number of rotatable bonds is 6. The molecule has 1 aliphatic carbocycles. The van der Waals surface area contributed by atoms with Crippen LogP contribution in [0.15, 0.2) is 54.4 Å². The first-order chi connectivity index (χ1) is 13.9. The molecule has 150 valence electrons. The van der Waals surface area contributed by atoms with Gasteiger partial charge in [0.2, 0.25) is 0 Å². The fraction of sp³-hybridized carbons (Fsp3) is 0.348. The van der Waals surface area contributed by atoms with Crippen LogP contribution in [0.2, 0.25) is 0 Å². The van der Waals surface area contributed by atoms with Crippen LogP contribution in [-0.2, 0) is 14.9 Å². The summed E-state index contributed by atoms with van der Waals surface area (Å²) in [6.07, 6.45) is 5.36. The fourth-order valence-corrected chi connectivity index (χ4v) is 3.71. The van der Waals surface area contributed by atoms with Gasteiger partial charge in [0.05, 0.1) is 5.56 Å². The highest BCUT2D eigenvalue weighted by molar-refractivity contribution is 5.96. The topological polar surface area (TPSA) is 71.5 Å². The van der Waals surface area contributed by atoms with Crippen molar-refractivity contribution in [3.8, 4) is 0 Å². The lowest BCUT2D eigenvalue weighted by Gasteiger charge is -2.23. The van der Waals surface area contributed by atoms with Gasteiger partial charge in [0.1, 0.15) is 5.82 Å². The molecule has 2 aromatic rings. The number of benzene rings is 1. The highest BCUT2D eigenvalue weighted by atomic mass is 16.5. The van der Waals surface area contributed by atoms with E-state index in [2.05, 4.69) is 30.2 Å². The van der Waals surface area contributed by atoms with Crippen LogP contribution in [0, 0.1) is 0 Å². The number of ketones is 1. The number of fused-ring (bicyclic) bond motifs is 1. The second-order valence-corrected chi connectivity index (χ2v) is 8.12. The van der Waals surface area contributed by atoms with E-state index in [1.807, 2.05) is 30.1 Å². The summed E-state index contributed by atoms with van der Waals surface area (Å²) in [7, 11) is 1.95. The summed E-state index contributed by atoms with van der Waals surface area (Å²) in [6.45, 7) is 3.87. The van der Waals surface area contributed by atoms with Gasteiger partial charge < -0.3 is 15.0 Å². The SMILES string of the molecule is CN1/C(=C/C(=O)COC(=O)c2ccc(NC3CC3)nc2)C(C)(C)c2ccccc21. The molecule has 1 fully saturated rings. The second-order valence-electron chi connectivity index (χ2n) is 8.12. The number of para-hydroxylation sites is 1. The van der Waals surface area contributed by atoms with E-state index in [-0.39, 0.29) is 17.8 Å². The van der Waals surface area contributed by atoms with Crippen LogP contribution in [-0.4, -0.2) is 36.4 Å². The van der Waals surface area contributed by atoms with Crippen LogP contribution in [0.5, 0.6) is 0 Å². The summed E-state index contributed by atoms with van der Waals surface area (Å²) in [5, 5.41) is 3.26. The molecule has 1 aromatic heterocycles. The molecule has 1 aliphatic heterocycles. The van der Waals surface area contributed by atoms with Crippen LogP contribution >= 0.6 is 0 Å². The Hall–Kier alpha value is -3.15. The van der Waals surface area contributed by atoms with Crippen LogP contribution < -0.4 is 10.2 Å². The van der Waals surface area contributed by atoms with Gasteiger partial charge in [-0.15, -0.1) is 0 Å². The van der Waals surface area contributed by atoms with Gasteiger partial charge in [-0.2, -0.15) is 0 Å². The number of esters is 1. The Kier molecular flexibility index (Phi) is 4.86. The van der Waals surface area contributed by atoms with Gasteiger partial charge in [-0.3, -0.25) is 4.79 Å². The maximum Gasteiger partial charge on any atom is 0.340 e. The monoisotopic (exact) mass is 391 g/mol. The van der Waals surface area contributed by atoms with Crippen molar-refractivity contribution in [2.24, 2.45) is 0 Å². The zero-order valence-electron chi connectivity index (χ0n) is 16.9. The van der Waals surface area contributed by atoms with Gasteiger partial charge in [0.25, 0.3) is 0 Å². The normalized spacial score (nSPS) is 18.4. The smallest absolute Gasteiger partial charge is 0.340 e. The number of pyridine rings is 1. The molecule has 0 saturated heterocycles. The lowest BCUT2D eigenvalue weighted by Crippen LogP contribution is -2.25. The van der Waals surface area contributed by atoms with Crippen molar-refractivity contribution in [3.63, 3.8) is 0 Å². The number of nitrogens with zero attached hydrogens (tertiary/aromatic N) is 2. The molecule has 0 unspecified atom stereocenters. The largest absolute Gasteiger partial charge is 0.454 e. The van der Waals surface area contributed by atoms with E-state index in [4.69, 9.17) is 4.74 Å². The van der Waals surface area contributed by atoms with Crippen molar-refractivity contribution in [1.82, 2.24) is 4.98 Å². The number of ether oxygens (including phenoxy) is 1. The molecular formula is C23H25N3O3. The average Bonchev–Trinajstić information content (AvgIpc) is 3.51. The van der Waals surface area contributed by atoms with E-state index in [1.54, 1.807) is 18.2 Å². The second kappa shape index (κ2) is 7.35. The maximum absolute atomic E-state index is 12.5. The number of nitrogens with one attached hydrogen (secondary N) is 1. The maximum atomic E-state index is 12.5. The highest BCUT2D eigenvalue weighted by Crippen LogP contribution is 2.46. The molecule has 2 aliphatic rings. The predicted octanol–water partition coefficient (Wildman–Crippen LogP) is 3.69. The minimum absolute atomic E-state index is 0.249. The van der Waals surface area contributed by atoms with Crippen molar-refractivity contribution in [2.75, 3.05) is 23.9 Å². The Bertz CT molecular complexity index is 975. The van der Waals surface area contributed by atoms with Crippen LogP contribution in [0.4, 0.5) is 11.5 Å². The Morgan fingerprint density at radius 2 is 2.00 bits per heavy atom. The van der Waals surface area contributed by atoms with Crippen molar-refractivity contribution in [1.29, 1.82) is 0 Å². The molecule has 0 spiro atoms. The van der Waals surface area contributed by atoms with Crippen molar-refractivity contribution < 1.29 is 14.3 Å². The number of hydrogen-bond acceptors (Lipinski definition) is 6. The lowest BCUT2D eigenvalue weighted by molar-refractivity contribution is -0.117. The number of allylic oxidation sites excluding steroid dienone is 1. The summed E-state index contributed by atoms with van der Waals surface area (Å²) < 4.78 is 5.20. The summed E-state index contributed by atoms with van der Waals surface area (Å²) in [6, 6.07) is 12.0. The first-order valence-corrected chi connectivity index (χ1v) is 9.84. The molecule has 1 N–H and O–H groups in total. The van der Waals surface area contributed by atoms with Gasteiger partial charge >= 0.3 is 5.97 Å². The molecule has 29 heavy (non-hydrogen) atoms. The number of aromatic nitrogens is 1. The quantitative estimate of drug-likeness (QED) is 0.598. The number of carbonyl (C=O) groups excluding carboxylic acids is 2. The Morgan fingerprint density at radius 1 is 1.24 bits per heavy atom. The molecular weight excluding hydrogens is 366 g/mol. The fourth-order valence-electron chi connectivity index (χ4n) is 3.71. The third-order valence-electron chi connectivity index (χ3n) is 5.51. The molecule has 6 nitrogen and oxygen atoms in total. The Labute approximate surface area is 170 Å². The molecule has 4 rings (SSSR count). The number of anilines is 2. The molecule has 0 radical (unpaired) electrons. The Balaban J connectivity index is 1.39. The van der Waals surface area contributed by atoms with Crippen LogP contribution in [0.1, 0.15) is 42.6 Å². The van der Waals surface area contributed by atoms with E-state index in [1.165, 1.54) is 11.8 Å². The molecule has 1 aromatic carbocycles. The number of hydrogen-bond donors (Lipinski definition) is 1. The summed E-state index contributed by atoms with van der Waals surface area (Å²) >= 11 is 0. The number of carbonyl (C=O) groups is 2. The van der Waals surface area contributed by atoms with Gasteiger partial charge in [-0.25, -0.2) is 9.78 Å². The first-order valence-electron chi connectivity index (χ1n) is 9.84. The number of likely N-dealkylation sites (N-methyl/N-ethyl adjacent to an activating group) is 1. The zero-order valence-corrected chi connectivity index (χ0v) is 16.9. The van der Waals surface area contributed by atoms with Gasteiger partial charge in [0, 0.05) is 42.2 Å². The van der Waals surface area contributed by atoms with Gasteiger partial charge in [0.15, 0.2) is 12.4 Å². The third-order valence-corrected chi connectivity index (χ3v) is 5.51. The average molecular weight is 391 g/mol. The van der Waals surface area contributed by atoms with Gasteiger partial charge in [-0.05, 0) is 36.6 Å². The minimum atomic E-state index is -0.551. The zero-order chi connectivity index (χ0) is 20.6. The van der Waals surface area contributed by atoms with E-state index in [0.29, 0.717) is 11.6 Å². The minimum Gasteiger partial charge on any atom is -0.454 e. The van der Waals surface area contributed by atoms with Crippen molar-refractivity contribution in [3.05, 3.63) is 65.5 Å². The molecule has 2 heterocycles.